The first-order valence-corrected chi connectivity index (χ1v) is 11.0. The van der Waals surface area contributed by atoms with Crippen molar-refractivity contribution >= 4 is 29.0 Å². The predicted octanol–water partition coefficient (Wildman–Crippen LogP) is 3.95. The summed E-state index contributed by atoms with van der Waals surface area (Å²) in [7, 11) is 3.53. The maximum absolute atomic E-state index is 12.3. The molecule has 0 saturated heterocycles. The van der Waals surface area contributed by atoms with Crippen LogP contribution in [0.5, 0.6) is 5.75 Å². The highest BCUT2D eigenvalue weighted by molar-refractivity contribution is 7.99. The van der Waals surface area contributed by atoms with E-state index in [0.717, 1.165) is 36.4 Å². The number of hydrogen-bond donors (Lipinski definition) is 1. The summed E-state index contributed by atoms with van der Waals surface area (Å²) in [5.41, 5.74) is 2.36. The van der Waals surface area contributed by atoms with Gasteiger partial charge in [-0.3, -0.25) is 14.9 Å². The van der Waals surface area contributed by atoms with Gasteiger partial charge in [0.2, 0.25) is 5.91 Å². The molecule has 1 amide bonds. The number of thioether (sulfide) groups is 1. The lowest BCUT2D eigenvalue weighted by Gasteiger charge is -2.08. The van der Waals surface area contributed by atoms with Crippen molar-refractivity contribution in [3.63, 3.8) is 0 Å². The molecule has 0 fully saturated rings. The molecule has 0 atom stereocenters. The Bertz CT molecular complexity index is 1100. The first-order chi connectivity index (χ1) is 15.4. The second-order valence-corrected chi connectivity index (χ2v) is 8.20. The molecule has 1 heterocycles. The minimum absolute atomic E-state index is 0.0638. The van der Waals surface area contributed by atoms with Gasteiger partial charge in [0.05, 0.1) is 23.5 Å². The summed E-state index contributed by atoms with van der Waals surface area (Å²) in [5, 5.41) is 22.8. The number of carbonyl (C=O) groups excluding carboxylic acids is 1. The van der Waals surface area contributed by atoms with E-state index in [1.165, 1.54) is 29.5 Å². The van der Waals surface area contributed by atoms with Gasteiger partial charge in [-0.1, -0.05) is 30.0 Å². The van der Waals surface area contributed by atoms with E-state index in [0.29, 0.717) is 10.8 Å². The maximum Gasteiger partial charge on any atom is 0.271 e. The van der Waals surface area contributed by atoms with Gasteiger partial charge in [-0.05, 0) is 43.0 Å². The lowest BCUT2D eigenvalue weighted by Crippen LogP contribution is -2.15. The number of methoxy groups -OCH3 is 1. The highest BCUT2D eigenvalue weighted by Gasteiger charge is 2.14. The van der Waals surface area contributed by atoms with Crippen molar-refractivity contribution in [1.82, 2.24) is 14.8 Å². The fraction of sp³-hybridized carbons (Fsp3) is 0.318. The Balaban J connectivity index is 1.50. The number of benzene rings is 2. The van der Waals surface area contributed by atoms with Crippen LogP contribution in [0.25, 0.3) is 0 Å². The number of carbonyl (C=O) groups is 1. The molecule has 9 nitrogen and oxygen atoms in total. The summed E-state index contributed by atoms with van der Waals surface area (Å²) in [6.45, 7) is 1.79. The number of hydrogen-bond acceptors (Lipinski definition) is 7. The van der Waals surface area contributed by atoms with Crippen LogP contribution >= 0.6 is 11.8 Å². The predicted molar refractivity (Wildman–Crippen MR) is 123 cm³/mol. The third kappa shape index (κ3) is 6.07. The zero-order valence-corrected chi connectivity index (χ0v) is 19.0. The second kappa shape index (κ2) is 10.8. The van der Waals surface area contributed by atoms with Gasteiger partial charge in [-0.15, -0.1) is 10.2 Å². The highest BCUT2D eigenvalue weighted by atomic mass is 32.2. The third-order valence-electron chi connectivity index (χ3n) is 4.99. The summed E-state index contributed by atoms with van der Waals surface area (Å²) in [6.07, 6.45) is 2.62. The van der Waals surface area contributed by atoms with Crippen LogP contribution in [0.15, 0.2) is 47.6 Å². The molecule has 168 valence electrons. The fourth-order valence-electron chi connectivity index (χ4n) is 3.11. The Morgan fingerprint density at radius 3 is 2.62 bits per heavy atom. The largest absolute Gasteiger partial charge is 0.497 e. The molecule has 0 spiro atoms. The standard InChI is InChI=1S/C22H25N5O4S/c1-15-7-10-17(27(29)30)13-19(15)23-21(28)14-32-22-25-24-20(26(22)2)6-4-5-16-8-11-18(31-3)12-9-16/h7-13H,4-6,14H2,1-3H3,(H,23,28). The van der Waals surface area contributed by atoms with E-state index in [9.17, 15) is 14.9 Å². The molecule has 0 radical (unpaired) electrons. The molecule has 0 aliphatic heterocycles. The molecular formula is C22H25N5O4S. The van der Waals surface area contributed by atoms with Crippen LogP contribution in [0.4, 0.5) is 11.4 Å². The molecule has 0 aliphatic carbocycles. The van der Waals surface area contributed by atoms with Crippen LogP contribution in [0.2, 0.25) is 0 Å². The quantitative estimate of drug-likeness (QED) is 0.280. The lowest BCUT2D eigenvalue weighted by molar-refractivity contribution is -0.384. The minimum atomic E-state index is -0.487. The average molecular weight is 456 g/mol. The number of non-ortho nitro benzene ring substituents is 1. The molecule has 0 aliphatic rings. The fourth-order valence-corrected chi connectivity index (χ4v) is 3.84. The SMILES string of the molecule is COc1ccc(CCCc2nnc(SCC(=O)Nc3cc([N+](=O)[O-])ccc3C)n2C)cc1. The molecular weight excluding hydrogens is 430 g/mol. The van der Waals surface area contributed by atoms with Crippen LogP contribution < -0.4 is 10.1 Å². The van der Waals surface area contributed by atoms with Crippen LogP contribution in [0.3, 0.4) is 0 Å². The van der Waals surface area contributed by atoms with Crippen molar-refractivity contribution in [2.45, 2.75) is 31.3 Å². The number of aryl methyl sites for hydroxylation is 3. The smallest absolute Gasteiger partial charge is 0.271 e. The van der Waals surface area contributed by atoms with E-state index in [4.69, 9.17) is 4.74 Å². The minimum Gasteiger partial charge on any atom is -0.497 e. The van der Waals surface area contributed by atoms with Crippen molar-refractivity contribution in [2.75, 3.05) is 18.2 Å². The number of anilines is 1. The maximum atomic E-state index is 12.3. The van der Waals surface area contributed by atoms with E-state index in [2.05, 4.69) is 27.6 Å². The molecule has 10 heteroatoms. The topological polar surface area (TPSA) is 112 Å². The van der Waals surface area contributed by atoms with E-state index in [-0.39, 0.29) is 17.3 Å². The molecule has 32 heavy (non-hydrogen) atoms. The van der Waals surface area contributed by atoms with Gasteiger partial charge in [-0.25, -0.2) is 0 Å². The zero-order chi connectivity index (χ0) is 23.1. The average Bonchev–Trinajstić information content (AvgIpc) is 3.13. The Morgan fingerprint density at radius 1 is 1.19 bits per heavy atom. The number of nitrogens with zero attached hydrogens (tertiary/aromatic N) is 4. The number of nitrogens with one attached hydrogen (secondary N) is 1. The van der Waals surface area contributed by atoms with Crippen LogP contribution in [0, 0.1) is 17.0 Å². The van der Waals surface area contributed by atoms with Crippen molar-refractivity contribution in [2.24, 2.45) is 7.05 Å². The van der Waals surface area contributed by atoms with E-state index < -0.39 is 4.92 Å². The molecule has 1 aromatic heterocycles. The van der Waals surface area contributed by atoms with Gasteiger partial charge in [-0.2, -0.15) is 0 Å². The van der Waals surface area contributed by atoms with E-state index >= 15 is 0 Å². The first kappa shape index (κ1) is 23.3. The zero-order valence-electron chi connectivity index (χ0n) is 18.2. The van der Waals surface area contributed by atoms with Crippen molar-refractivity contribution in [3.8, 4) is 5.75 Å². The Morgan fingerprint density at radius 2 is 1.94 bits per heavy atom. The number of nitro benzene ring substituents is 1. The molecule has 2 aromatic carbocycles. The summed E-state index contributed by atoms with van der Waals surface area (Å²) >= 11 is 1.28. The summed E-state index contributed by atoms with van der Waals surface area (Å²) in [6, 6.07) is 12.4. The second-order valence-electron chi connectivity index (χ2n) is 7.25. The Hall–Kier alpha value is -3.40. The van der Waals surface area contributed by atoms with Crippen LogP contribution in [-0.4, -0.2) is 38.5 Å². The number of amides is 1. The van der Waals surface area contributed by atoms with E-state index in [1.807, 2.05) is 23.7 Å². The van der Waals surface area contributed by atoms with Crippen molar-refractivity contribution in [3.05, 3.63) is 69.5 Å². The first-order valence-electron chi connectivity index (χ1n) is 10.1. The van der Waals surface area contributed by atoms with Gasteiger partial charge >= 0.3 is 0 Å². The third-order valence-corrected chi connectivity index (χ3v) is 6.01. The number of ether oxygens (including phenoxy) is 1. The normalized spacial score (nSPS) is 10.7. The van der Waals surface area contributed by atoms with Gasteiger partial charge in [0.1, 0.15) is 11.6 Å². The monoisotopic (exact) mass is 455 g/mol. The molecule has 0 bridgehead atoms. The van der Waals surface area contributed by atoms with Gasteiger partial charge < -0.3 is 14.6 Å². The molecule has 1 N–H and O–H groups in total. The lowest BCUT2D eigenvalue weighted by atomic mass is 10.1. The van der Waals surface area contributed by atoms with E-state index in [1.54, 1.807) is 20.1 Å². The summed E-state index contributed by atoms with van der Waals surface area (Å²) in [4.78, 5) is 22.8. The Kier molecular flexibility index (Phi) is 7.82. The van der Waals surface area contributed by atoms with Gasteiger partial charge in [0.15, 0.2) is 5.16 Å². The summed E-state index contributed by atoms with van der Waals surface area (Å²) < 4.78 is 7.07. The van der Waals surface area contributed by atoms with Crippen molar-refractivity contribution in [1.29, 1.82) is 0 Å². The molecule has 0 unspecified atom stereocenters. The van der Waals surface area contributed by atoms with Crippen molar-refractivity contribution < 1.29 is 14.5 Å². The Labute approximate surface area is 190 Å². The molecule has 3 aromatic rings. The molecule has 3 rings (SSSR count). The number of rotatable bonds is 10. The molecule has 0 saturated carbocycles. The van der Waals surface area contributed by atoms with Crippen LogP contribution in [-0.2, 0) is 24.7 Å². The van der Waals surface area contributed by atoms with Gasteiger partial charge in [0.25, 0.3) is 5.69 Å². The highest BCUT2D eigenvalue weighted by Crippen LogP contribution is 2.23. The number of aromatic nitrogens is 3. The van der Waals surface area contributed by atoms with Crippen LogP contribution in [0.1, 0.15) is 23.4 Å². The number of nitro groups is 1. The van der Waals surface area contributed by atoms with Gasteiger partial charge in [0, 0.05) is 25.6 Å². The summed E-state index contributed by atoms with van der Waals surface area (Å²) in [5.74, 6) is 1.56.